The van der Waals surface area contributed by atoms with Crippen LogP contribution < -0.4 is 4.90 Å². The Kier molecular flexibility index (Phi) is 3.13. The summed E-state index contributed by atoms with van der Waals surface area (Å²) >= 11 is 0. The molecule has 21 heavy (non-hydrogen) atoms. The van der Waals surface area contributed by atoms with Crippen molar-refractivity contribution in [2.45, 2.75) is 19.9 Å². The molecule has 8 heteroatoms. The average Bonchev–Trinajstić information content (AvgIpc) is 3.04. The number of nitrogens with zero attached hydrogens (tertiary/aromatic N) is 5. The maximum absolute atomic E-state index is 12.3. The molecule has 0 fully saturated rings. The van der Waals surface area contributed by atoms with Crippen molar-refractivity contribution in [3.05, 3.63) is 45.8 Å². The molecule has 8 nitrogen and oxygen atoms in total. The molecular weight excluding hydrogens is 274 g/mol. The summed E-state index contributed by atoms with van der Waals surface area (Å²) in [4.78, 5) is 27.4. The van der Waals surface area contributed by atoms with Crippen molar-refractivity contribution in [1.82, 2.24) is 14.8 Å². The molecule has 0 spiro atoms. The summed E-state index contributed by atoms with van der Waals surface area (Å²) in [5.74, 6) is -0.653. The number of hydrogen-bond acceptors (Lipinski definition) is 5. The number of nitro groups is 1. The Hall–Kier alpha value is -2.77. The third-order valence-electron chi connectivity index (χ3n) is 3.42. The maximum Gasteiger partial charge on any atom is 0.490 e. The summed E-state index contributed by atoms with van der Waals surface area (Å²) in [6.07, 6.45) is 2.02. The standard InChI is InChI=1S/C13H13N5O3/c1-9-2-3-10-4-5-17(11(10)6-9)12(19)7-16-8-14-13(15-16)18(20)21/h2-3,6,8H,4-5,7H2,1H3. The topological polar surface area (TPSA) is 94.2 Å². The molecule has 0 saturated heterocycles. The first kappa shape index (κ1) is 13.2. The zero-order chi connectivity index (χ0) is 15.0. The molecule has 1 aromatic heterocycles. The Morgan fingerprint density at radius 2 is 2.29 bits per heavy atom. The van der Waals surface area contributed by atoms with Gasteiger partial charge in [-0.1, -0.05) is 17.1 Å². The van der Waals surface area contributed by atoms with E-state index >= 15 is 0 Å². The number of anilines is 1. The van der Waals surface area contributed by atoms with E-state index in [1.807, 2.05) is 25.1 Å². The van der Waals surface area contributed by atoms with Gasteiger partial charge < -0.3 is 15.0 Å². The van der Waals surface area contributed by atoms with Crippen molar-refractivity contribution in [3.8, 4) is 0 Å². The van der Waals surface area contributed by atoms with Crippen LogP contribution in [0.5, 0.6) is 0 Å². The summed E-state index contributed by atoms with van der Waals surface area (Å²) < 4.78 is 1.19. The van der Waals surface area contributed by atoms with Crippen molar-refractivity contribution < 1.29 is 9.72 Å². The maximum atomic E-state index is 12.3. The molecule has 0 unspecified atom stereocenters. The highest BCUT2D eigenvalue weighted by atomic mass is 16.6. The van der Waals surface area contributed by atoms with Crippen LogP contribution in [-0.2, 0) is 17.8 Å². The molecule has 0 saturated carbocycles. The third-order valence-corrected chi connectivity index (χ3v) is 3.42. The molecule has 0 atom stereocenters. The second-order valence-corrected chi connectivity index (χ2v) is 4.93. The smallest absolute Gasteiger partial charge is 0.390 e. The quantitative estimate of drug-likeness (QED) is 0.622. The molecule has 0 radical (unpaired) electrons. The molecule has 1 amide bonds. The van der Waals surface area contributed by atoms with Gasteiger partial charge in [0.25, 0.3) is 0 Å². The van der Waals surface area contributed by atoms with Gasteiger partial charge in [0.15, 0.2) is 0 Å². The van der Waals surface area contributed by atoms with Crippen LogP contribution in [0.4, 0.5) is 11.6 Å². The fourth-order valence-electron chi connectivity index (χ4n) is 2.42. The van der Waals surface area contributed by atoms with Crippen LogP contribution in [0.15, 0.2) is 24.5 Å². The van der Waals surface area contributed by atoms with Crippen molar-refractivity contribution in [3.63, 3.8) is 0 Å². The predicted octanol–water partition coefficient (Wildman–Crippen LogP) is 1.08. The van der Waals surface area contributed by atoms with Crippen molar-refractivity contribution >= 4 is 17.5 Å². The minimum Gasteiger partial charge on any atom is -0.390 e. The SMILES string of the molecule is Cc1ccc2c(c1)N(C(=O)Cn1cnc([N+](=O)[O-])n1)CC2. The lowest BCUT2D eigenvalue weighted by atomic mass is 10.1. The molecule has 3 rings (SSSR count). The molecule has 1 aliphatic heterocycles. The van der Waals surface area contributed by atoms with Gasteiger partial charge in [-0.2, -0.15) is 4.68 Å². The van der Waals surface area contributed by atoms with Crippen LogP contribution in [-0.4, -0.2) is 32.1 Å². The molecule has 1 aromatic carbocycles. The molecule has 108 valence electrons. The lowest BCUT2D eigenvalue weighted by Gasteiger charge is -2.16. The van der Waals surface area contributed by atoms with Crippen LogP contribution in [0, 0.1) is 17.0 Å². The number of carbonyl (C=O) groups excluding carboxylic acids is 1. The summed E-state index contributed by atoms with van der Waals surface area (Å²) in [5.41, 5.74) is 3.14. The second-order valence-electron chi connectivity index (χ2n) is 4.93. The minimum absolute atomic E-state index is 0.0613. The second kappa shape index (κ2) is 4.97. The normalized spacial score (nSPS) is 13.3. The summed E-state index contributed by atoms with van der Waals surface area (Å²) in [5, 5.41) is 14.2. The summed E-state index contributed by atoms with van der Waals surface area (Å²) in [7, 11) is 0. The Morgan fingerprint density at radius 1 is 1.48 bits per heavy atom. The molecular formula is C13H13N5O3. The van der Waals surface area contributed by atoms with Gasteiger partial charge >= 0.3 is 5.95 Å². The van der Waals surface area contributed by atoms with E-state index in [1.165, 1.54) is 11.0 Å². The van der Waals surface area contributed by atoms with Crippen LogP contribution >= 0.6 is 0 Å². The van der Waals surface area contributed by atoms with E-state index in [4.69, 9.17) is 0 Å². The number of carbonyl (C=O) groups is 1. The average molecular weight is 287 g/mol. The van der Waals surface area contributed by atoms with Gasteiger partial charge in [-0.05, 0) is 35.5 Å². The van der Waals surface area contributed by atoms with Gasteiger partial charge in [0.05, 0.1) is 0 Å². The first-order valence-electron chi connectivity index (χ1n) is 6.48. The Morgan fingerprint density at radius 3 is 3.00 bits per heavy atom. The first-order chi connectivity index (χ1) is 10.0. The fourth-order valence-corrected chi connectivity index (χ4v) is 2.42. The van der Waals surface area contributed by atoms with E-state index in [0.29, 0.717) is 6.54 Å². The molecule has 2 aromatic rings. The van der Waals surface area contributed by atoms with Gasteiger partial charge in [0.1, 0.15) is 6.54 Å². The summed E-state index contributed by atoms with van der Waals surface area (Å²) in [6, 6.07) is 6.02. The van der Waals surface area contributed by atoms with E-state index in [-0.39, 0.29) is 12.5 Å². The number of benzene rings is 1. The van der Waals surface area contributed by atoms with E-state index < -0.39 is 10.9 Å². The van der Waals surface area contributed by atoms with Gasteiger partial charge in [-0.15, -0.1) is 0 Å². The largest absolute Gasteiger partial charge is 0.490 e. The van der Waals surface area contributed by atoms with E-state index in [2.05, 4.69) is 10.1 Å². The highest BCUT2D eigenvalue weighted by molar-refractivity contribution is 5.95. The fraction of sp³-hybridized carbons (Fsp3) is 0.308. The Bertz CT molecular complexity index is 724. The van der Waals surface area contributed by atoms with Gasteiger partial charge in [-0.25, -0.2) is 0 Å². The zero-order valence-corrected chi connectivity index (χ0v) is 11.4. The van der Waals surface area contributed by atoms with Gasteiger partial charge in [-0.3, -0.25) is 4.79 Å². The Balaban J connectivity index is 1.78. The van der Waals surface area contributed by atoms with Crippen molar-refractivity contribution in [2.24, 2.45) is 0 Å². The lowest BCUT2D eigenvalue weighted by molar-refractivity contribution is -0.394. The van der Waals surface area contributed by atoms with E-state index in [0.717, 1.165) is 23.2 Å². The molecule has 0 N–H and O–H groups in total. The third kappa shape index (κ3) is 2.47. The van der Waals surface area contributed by atoms with Crippen LogP contribution in [0.2, 0.25) is 0 Å². The van der Waals surface area contributed by atoms with Crippen molar-refractivity contribution in [2.75, 3.05) is 11.4 Å². The van der Waals surface area contributed by atoms with E-state index in [9.17, 15) is 14.9 Å². The van der Waals surface area contributed by atoms with Gasteiger partial charge in [0, 0.05) is 17.3 Å². The summed E-state index contributed by atoms with van der Waals surface area (Å²) in [6.45, 7) is 2.53. The molecule has 0 aliphatic carbocycles. The molecule has 0 bridgehead atoms. The zero-order valence-electron chi connectivity index (χ0n) is 11.4. The minimum atomic E-state index is -0.685. The number of rotatable bonds is 3. The lowest BCUT2D eigenvalue weighted by Crippen LogP contribution is -2.32. The number of fused-ring (bicyclic) bond motifs is 1. The van der Waals surface area contributed by atoms with Crippen LogP contribution in [0.3, 0.4) is 0 Å². The van der Waals surface area contributed by atoms with Crippen molar-refractivity contribution in [1.29, 1.82) is 0 Å². The van der Waals surface area contributed by atoms with E-state index in [1.54, 1.807) is 4.90 Å². The number of aromatic nitrogens is 3. The highest BCUT2D eigenvalue weighted by Gasteiger charge is 2.26. The first-order valence-corrected chi connectivity index (χ1v) is 6.48. The molecule has 1 aliphatic rings. The predicted molar refractivity (Wildman–Crippen MR) is 73.9 cm³/mol. The molecule has 2 heterocycles. The monoisotopic (exact) mass is 287 g/mol. The number of hydrogen-bond donors (Lipinski definition) is 0. The Labute approximate surface area is 120 Å². The van der Waals surface area contributed by atoms with Crippen LogP contribution in [0.1, 0.15) is 11.1 Å². The van der Waals surface area contributed by atoms with Crippen LogP contribution in [0.25, 0.3) is 0 Å². The number of amides is 1. The number of aryl methyl sites for hydroxylation is 1. The highest BCUT2D eigenvalue weighted by Crippen LogP contribution is 2.29. The van der Waals surface area contributed by atoms with Gasteiger partial charge in [0.2, 0.25) is 12.2 Å².